The largest absolute Gasteiger partial charge is 0.466 e. The van der Waals surface area contributed by atoms with Crippen LogP contribution in [0.3, 0.4) is 0 Å². The van der Waals surface area contributed by atoms with E-state index in [1.807, 2.05) is 32.0 Å². The molecule has 1 unspecified atom stereocenters. The number of aromatic nitrogens is 1. The van der Waals surface area contributed by atoms with Gasteiger partial charge in [-0.3, -0.25) is 4.98 Å². The van der Waals surface area contributed by atoms with E-state index in [2.05, 4.69) is 16.4 Å². The third-order valence-corrected chi connectivity index (χ3v) is 3.37. The number of hydrogen-bond donors (Lipinski definition) is 2. The molecule has 0 aliphatic rings. The monoisotopic (exact) mass is 274 g/mol. The Morgan fingerprint density at radius 3 is 2.80 bits per heavy atom. The van der Waals surface area contributed by atoms with Gasteiger partial charge < -0.3 is 14.8 Å². The Labute approximate surface area is 119 Å². The smallest absolute Gasteiger partial charge is 0.105 e. The van der Waals surface area contributed by atoms with Crippen LogP contribution in [0.4, 0.5) is 0 Å². The van der Waals surface area contributed by atoms with E-state index in [1.165, 1.54) is 5.56 Å². The maximum Gasteiger partial charge on any atom is 0.105 e. The Morgan fingerprint density at radius 1 is 1.35 bits per heavy atom. The Kier molecular flexibility index (Phi) is 5.32. The van der Waals surface area contributed by atoms with E-state index < -0.39 is 0 Å². The average molecular weight is 274 g/mol. The minimum atomic E-state index is 0.160. The van der Waals surface area contributed by atoms with E-state index >= 15 is 0 Å². The predicted molar refractivity (Wildman–Crippen MR) is 78.4 cm³/mol. The minimum absolute atomic E-state index is 0.160. The molecule has 0 fully saturated rings. The number of aliphatic hydroxyl groups is 1. The van der Waals surface area contributed by atoms with Crippen molar-refractivity contribution in [3.8, 4) is 0 Å². The first-order valence-corrected chi connectivity index (χ1v) is 6.96. The molecule has 2 aromatic heterocycles. The number of hydrogen-bond acceptors (Lipinski definition) is 4. The van der Waals surface area contributed by atoms with E-state index in [4.69, 9.17) is 4.42 Å². The maximum absolute atomic E-state index is 9.46. The van der Waals surface area contributed by atoms with Gasteiger partial charge in [-0.05, 0) is 44.4 Å². The topological polar surface area (TPSA) is 58.3 Å². The molecule has 0 spiro atoms. The van der Waals surface area contributed by atoms with Gasteiger partial charge in [-0.15, -0.1) is 0 Å². The summed E-state index contributed by atoms with van der Waals surface area (Å²) in [4.78, 5) is 4.30. The number of aliphatic hydroxyl groups excluding tert-OH is 1. The highest BCUT2D eigenvalue weighted by Gasteiger charge is 2.10. The van der Waals surface area contributed by atoms with Gasteiger partial charge in [0.1, 0.15) is 11.5 Å². The van der Waals surface area contributed by atoms with Gasteiger partial charge in [-0.1, -0.05) is 6.07 Å². The van der Waals surface area contributed by atoms with Crippen LogP contribution in [0.2, 0.25) is 0 Å². The molecule has 4 heteroatoms. The molecule has 2 aromatic rings. The van der Waals surface area contributed by atoms with Crippen LogP contribution >= 0.6 is 0 Å². The molecule has 0 saturated carbocycles. The lowest BCUT2D eigenvalue weighted by Crippen LogP contribution is -2.26. The van der Waals surface area contributed by atoms with Gasteiger partial charge in [0.05, 0.1) is 0 Å². The van der Waals surface area contributed by atoms with Crippen LogP contribution in [0, 0.1) is 19.8 Å². The number of pyridine rings is 1. The normalized spacial score (nSPS) is 12.6. The van der Waals surface area contributed by atoms with Crippen LogP contribution in [0.5, 0.6) is 0 Å². The van der Waals surface area contributed by atoms with Crippen molar-refractivity contribution in [3.63, 3.8) is 0 Å². The summed E-state index contributed by atoms with van der Waals surface area (Å²) in [6.45, 7) is 5.61. The Bertz CT molecular complexity index is 523. The van der Waals surface area contributed by atoms with Gasteiger partial charge in [0.2, 0.25) is 0 Å². The summed E-state index contributed by atoms with van der Waals surface area (Å²) in [7, 11) is 0. The second kappa shape index (κ2) is 7.22. The molecule has 0 radical (unpaired) electrons. The van der Waals surface area contributed by atoms with E-state index in [0.717, 1.165) is 36.7 Å². The van der Waals surface area contributed by atoms with E-state index in [9.17, 15) is 5.11 Å². The average Bonchev–Trinajstić information content (AvgIpc) is 2.77. The molecule has 2 N–H and O–H groups in total. The third kappa shape index (κ3) is 4.18. The number of aryl methyl sites for hydroxylation is 2. The summed E-state index contributed by atoms with van der Waals surface area (Å²) in [5, 5.41) is 12.8. The number of nitrogens with zero attached hydrogens (tertiary/aromatic N) is 1. The lowest BCUT2D eigenvalue weighted by molar-refractivity contribution is 0.220. The van der Waals surface area contributed by atoms with Crippen LogP contribution < -0.4 is 5.32 Å². The molecule has 0 aliphatic carbocycles. The Hall–Kier alpha value is -1.65. The zero-order chi connectivity index (χ0) is 14.4. The SMILES string of the molecule is Cc1cc(CNCC(CO)Cc2ccccn2)c(C)o1. The van der Waals surface area contributed by atoms with Gasteiger partial charge in [-0.25, -0.2) is 0 Å². The number of furan rings is 1. The maximum atomic E-state index is 9.46. The summed E-state index contributed by atoms with van der Waals surface area (Å²) >= 11 is 0. The molecule has 20 heavy (non-hydrogen) atoms. The van der Waals surface area contributed by atoms with Gasteiger partial charge in [-0.2, -0.15) is 0 Å². The van der Waals surface area contributed by atoms with Crippen LogP contribution in [-0.2, 0) is 13.0 Å². The molecular weight excluding hydrogens is 252 g/mol. The molecule has 0 aliphatic heterocycles. The summed E-state index contributed by atoms with van der Waals surface area (Å²) in [5.41, 5.74) is 2.20. The highest BCUT2D eigenvalue weighted by atomic mass is 16.3. The molecule has 0 aromatic carbocycles. The second-order valence-corrected chi connectivity index (χ2v) is 5.14. The van der Waals surface area contributed by atoms with E-state index in [0.29, 0.717) is 0 Å². The quantitative estimate of drug-likeness (QED) is 0.813. The van der Waals surface area contributed by atoms with Gasteiger partial charge in [0.25, 0.3) is 0 Å². The van der Waals surface area contributed by atoms with Crippen molar-refractivity contribution in [3.05, 3.63) is 53.2 Å². The highest BCUT2D eigenvalue weighted by molar-refractivity contribution is 5.19. The minimum Gasteiger partial charge on any atom is -0.466 e. The predicted octanol–water partition coefficient (Wildman–Crippen LogP) is 2.23. The van der Waals surface area contributed by atoms with Crippen molar-refractivity contribution < 1.29 is 9.52 Å². The molecule has 0 saturated heterocycles. The first-order valence-electron chi connectivity index (χ1n) is 6.96. The molecule has 2 rings (SSSR count). The first kappa shape index (κ1) is 14.8. The lowest BCUT2D eigenvalue weighted by Gasteiger charge is -2.14. The van der Waals surface area contributed by atoms with E-state index in [1.54, 1.807) is 6.20 Å². The summed E-state index contributed by atoms with van der Waals surface area (Å²) in [6.07, 6.45) is 2.57. The van der Waals surface area contributed by atoms with Crippen molar-refractivity contribution in [1.29, 1.82) is 0 Å². The van der Waals surface area contributed by atoms with Crippen molar-refractivity contribution in [2.45, 2.75) is 26.8 Å². The molecule has 0 amide bonds. The lowest BCUT2D eigenvalue weighted by atomic mass is 10.0. The zero-order valence-electron chi connectivity index (χ0n) is 12.1. The first-order chi connectivity index (χ1) is 9.69. The zero-order valence-corrected chi connectivity index (χ0v) is 12.1. The second-order valence-electron chi connectivity index (χ2n) is 5.14. The fourth-order valence-corrected chi connectivity index (χ4v) is 2.29. The number of nitrogens with one attached hydrogen (secondary N) is 1. The van der Waals surface area contributed by atoms with Gasteiger partial charge in [0.15, 0.2) is 0 Å². The fourth-order valence-electron chi connectivity index (χ4n) is 2.29. The highest BCUT2D eigenvalue weighted by Crippen LogP contribution is 2.13. The molecule has 108 valence electrons. The Balaban J connectivity index is 1.81. The van der Waals surface area contributed by atoms with Crippen molar-refractivity contribution in [2.75, 3.05) is 13.2 Å². The van der Waals surface area contributed by atoms with Crippen LogP contribution in [0.25, 0.3) is 0 Å². The van der Waals surface area contributed by atoms with Crippen molar-refractivity contribution >= 4 is 0 Å². The van der Waals surface area contributed by atoms with Crippen LogP contribution in [-0.4, -0.2) is 23.2 Å². The molecule has 4 nitrogen and oxygen atoms in total. The molecule has 1 atom stereocenters. The van der Waals surface area contributed by atoms with E-state index in [-0.39, 0.29) is 12.5 Å². The van der Waals surface area contributed by atoms with Crippen LogP contribution in [0.15, 0.2) is 34.9 Å². The summed E-state index contributed by atoms with van der Waals surface area (Å²) in [5.74, 6) is 2.07. The fraction of sp³-hybridized carbons (Fsp3) is 0.438. The third-order valence-electron chi connectivity index (χ3n) is 3.37. The summed E-state index contributed by atoms with van der Waals surface area (Å²) < 4.78 is 5.49. The van der Waals surface area contributed by atoms with Crippen molar-refractivity contribution in [1.82, 2.24) is 10.3 Å². The van der Waals surface area contributed by atoms with Gasteiger partial charge >= 0.3 is 0 Å². The summed E-state index contributed by atoms with van der Waals surface area (Å²) in [6, 6.07) is 7.92. The van der Waals surface area contributed by atoms with Gasteiger partial charge in [0, 0.05) is 37.2 Å². The number of rotatable bonds is 7. The molecule has 2 heterocycles. The van der Waals surface area contributed by atoms with Crippen molar-refractivity contribution in [2.24, 2.45) is 5.92 Å². The van der Waals surface area contributed by atoms with Crippen LogP contribution in [0.1, 0.15) is 22.8 Å². The molecule has 0 bridgehead atoms. The standard InChI is InChI=1S/C16H22N2O2/c1-12-7-15(13(2)20-12)10-17-9-14(11-19)8-16-5-3-4-6-18-16/h3-7,14,17,19H,8-11H2,1-2H3. The molecular formula is C16H22N2O2. The Morgan fingerprint density at radius 2 is 2.20 bits per heavy atom.